The van der Waals surface area contributed by atoms with E-state index in [9.17, 15) is 0 Å². The van der Waals surface area contributed by atoms with Gasteiger partial charge in [-0.2, -0.15) is 0 Å². The van der Waals surface area contributed by atoms with E-state index >= 15 is 0 Å². The van der Waals surface area contributed by atoms with Gasteiger partial charge in [0.1, 0.15) is 16.7 Å². The molecule has 0 spiro atoms. The maximum absolute atomic E-state index is 6.25. The van der Waals surface area contributed by atoms with Crippen molar-refractivity contribution in [1.29, 1.82) is 0 Å². The van der Waals surface area contributed by atoms with Crippen LogP contribution in [0.15, 0.2) is 143 Å². The number of hydrogen-bond donors (Lipinski definition) is 0. The van der Waals surface area contributed by atoms with Gasteiger partial charge in [-0.1, -0.05) is 97.1 Å². The average Bonchev–Trinajstić information content (AvgIpc) is 3.70. The van der Waals surface area contributed by atoms with Crippen LogP contribution in [0.3, 0.4) is 0 Å². The van der Waals surface area contributed by atoms with Crippen molar-refractivity contribution in [2.45, 2.75) is 0 Å². The average molecular weight is 591 g/mol. The number of benzene rings is 6. The molecule has 4 aromatic heterocycles. The third-order valence-corrected chi connectivity index (χ3v) is 8.82. The van der Waals surface area contributed by atoms with Gasteiger partial charge in [0.25, 0.3) is 0 Å². The van der Waals surface area contributed by atoms with Crippen LogP contribution in [0.2, 0.25) is 0 Å². The summed E-state index contributed by atoms with van der Waals surface area (Å²) in [5.41, 5.74) is 5.65. The highest BCUT2D eigenvalue weighted by Gasteiger charge is 2.21. The van der Waals surface area contributed by atoms with Gasteiger partial charge >= 0.3 is 0 Å². The maximum atomic E-state index is 6.25. The van der Waals surface area contributed by atoms with Gasteiger partial charge in [0.05, 0.1) is 6.20 Å². The molecule has 0 aliphatic heterocycles. The SMILES string of the molecule is c1ccc2c(c1)cc(-c1nc(-c3cccc4oc5ccccc5c34)nc(-c3cncc4oc5ccccc5c34)n1)c1ccccc12. The zero-order chi connectivity index (χ0) is 30.2. The van der Waals surface area contributed by atoms with Gasteiger partial charge in [-0.25, -0.2) is 15.0 Å². The Bertz CT molecular complexity index is 2700. The number of nitrogens with zero attached hydrogens (tertiary/aromatic N) is 4. The van der Waals surface area contributed by atoms with E-state index in [0.29, 0.717) is 23.1 Å². The van der Waals surface area contributed by atoms with Gasteiger partial charge in [0.15, 0.2) is 23.1 Å². The molecule has 0 radical (unpaired) electrons. The van der Waals surface area contributed by atoms with Crippen molar-refractivity contribution < 1.29 is 8.83 Å². The molecule has 0 saturated carbocycles. The van der Waals surface area contributed by atoms with E-state index in [1.54, 1.807) is 6.20 Å². The molecule has 0 fully saturated rings. The lowest BCUT2D eigenvalue weighted by molar-refractivity contribution is 0.667. The second-order valence-electron chi connectivity index (χ2n) is 11.4. The summed E-state index contributed by atoms with van der Waals surface area (Å²) in [7, 11) is 0. The molecule has 46 heavy (non-hydrogen) atoms. The topological polar surface area (TPSA) is 77.8 Å². The molecule has 6 nitrogen and oxygen atoms in total. The Balaban J connectivity index is 1.33. The fraction of sp³-hybridized carbons (Fsp3) is 0. The van der Waals surface area contributed by atoms with Crippen LogP contribution < -0.4 is 0 Å². The second kappa shape index (κ2) is 9.55. The lowest BCUT2D eigenvalue weighted by Gasteiger charge is -2.13. The summed E-state index contributed by atoms with van der Waals surface area (Å²) in [4.78, 5) is 20.1. The van der Waals surface area contributed by atoms with E-state index < -0.39 is 0 Å². The molecule has 0 atom stereocenters. The summed E-state index contributed by atoms with van der Waals surface area (Å²) in [6.45, 7) is 0. The van der Waals surface area contributed by atoms with E-state index in [1.807, 2.05) is 54.7 Å². The minimum atomic E-state index is 0.520. The molecule has 6 aromatic carbocycles. The first-order chi connectivity index (χ1) is 22.8. The van der Waals surface area contributed by atoms with Gasteiger partial charge in [-0.3, -0.25) is 4.98 Å². The van der Waals surface area contributed by atoms with E-state index in [-0.39, 0.29) is 0 Å². The summed E-state index contributed by atoms with van der Waals surface area (Å²) >= 11 is 0. The lowest BCUT2D eigenvalue weighted by Crippen LogP contribution is -2.01. The van der Waals surface area contributed by atoms with Gasteiger partial charge in [0.2, 0.25) is 0 Å². The summed E-state index contributed by atoms with van der Waals surface area (Å²) in [6.07, 6.45) is 3.57. The number of aromatic nitrogens is 4. The van der Waals surface area contributed by atoms with Crippen molar-refractivity contribution in [2.24, 2.45) is 0 Å². The highest BCUT2D eigenvalue weighted by molar-refractivity contribution is 6.15. The van der Waals surface area contributed by atoms with Crippen LogP contribution in [-0.4, -0.2) is 19.9 Å². The molecule has 0 N–H and O–H groups in total. The molecular formula is C40H22N4O2. The number of pyridine rings is 1. The summed E-state index contributed by atoms with van der Waals surface area (Å²) in [5, 5.41) is 8.40. The number of hydrogen-bond acceptors (Lipinski definition) is 6. The Morgan fingerprint density at radius 3 is 1.67 bits per heavy atom. The van der Waals surface area contributed by atoms with E-state index in [4.69, 9.17) is 23.8 Å². The first-order valence-electron chi connectivity index (χ1n) is 15.1. The Hall–Kier alpha value is -6.40. The normalized spacial score (nSPS) is 11.9. The molecule has 0 saturated heterocycles. The van der Waals surface area contributed by atoms with Crippen molar-refractivity contribution in [2.75, 3.05) is 0 Å². The van der Waals surface area contributed by atoms with Crippen molar-refractivity contribution in [3.8, 4) is 34.2 Å². The molecule has 214 valence electrons. The van der Waals surface area contributed by atoms with Crippen LogP contribution in [-0.2, 0) is 0 Å². The highest BCUT2D eigenvalue weighted by Crippen LogP contribution is 2.40. The molecule has 4 heterocycles. The van der Waals surface area contributed by atoms with E-state index in [2.05, 4.69) is 77.8 Å². The number of fused-ring (bicyclic) bond motifs is 9. The first kappa shape index (κ1) is 25.0. The molecule has 6 heteroatoms. The van der Waals surface area contributed by atoms with Crippen LogP contribution in [0, 0.1) is 0 Å². The van der Waals surface area contributed by atoms with Gasteiger partial charge in [-0.05, 0) is 45.8 Å². The first-order valence-corrected chi connectivity index (χ1v) is 15.1. The van der Waals surface area contributed by atoms with Crippen LogP contribution in [0.1, 0.15) is 0 Å². The summed E-state index contributed by atoms with van der Waals surface area (Å²) < 4.78 is 12.5. The van der Waals surface area contributed by atoms with E-state index in [0.717, 1.165) is 71.1 Å². The van der Waals surface area contributed by atoms with Crippen molar-refractivity contribution in [3.63, 3.8) is 0 Å². The molecule has 0 aliphatic carbocycles. The Kier molecular flexibility index (Phi) is 5.19. The Morgan fingerprint density at radius 2 is 0.913 bits per heavy atom. The minimum Gasteiger partial charge on any atom is -0.456 e. The van der Waals surface area contributed by atoms with Gasteiger partial charge in [-0.15, -0.1) is 0 Å². The van der Waals surface area contributed by atoms with E-state index in [1.165, 1.54) is 5.39 Å². The Morgan fingerprint density at radius 1 is 0.370 bits per heavy atom. The predicted octanol–water partition coefficient (Wildman–Crippen LogP) is 10.4. The summed E-state index contributed by atoms with van der Waals surface area (Å²) in [6, 6.07) is 41.1. The van der Waals surface area contributed by atoms with Gasteiger partial charge < -0.3 is 8.83 Å². The Labute approximate surface area is 261 Å². The monoisotopic (exact) mass is 590 g/mol. The molecule has 0 unspecified atom stereocenters. The maximum Gasteiger partial charge on any atom is 0.166 e. The second-order valence-corrected chi connectivity index (χ2v) is 11.4. The predicted molar refractivity (Wildman–Crippen MR) is 183 cm³/mol. The van der Waals surface area contributed by atoms with Crippen LogP contribution >= 0.6 is 0 Å². The largest absolute Gasteiger partial charge is 0.456 e. The van der Waals surface area contributed by atoms with Crippen molar-refractivity contribution in [1.82, 2.24) is 19.9 Å². The third kappa shape index (κ3) is 3.64. The minimum absolute atomic E-state index is 0.520. The van der Waals surface area contributed by atoms with Crippen LogP contribution in [0.25, 0.3) is 99.6 Å². The van der Waals surface area contributed by atoms with Crippen LogP contribution in [0.5, 0.6) is 0 Å². The standard InChI is InChI=1S/C40H22N4O2/c1-2-11-24-23(10-1)20-30(26-13-4-3-12-25(24)26)39-42-38(29-16-9-19-34-36(29)27-14-5-7-17-32(27)45-34)43-40(44-39)31-21-41-22-35-37(31)28-15-6-8-18-33(28)46-35/h1-22H. The molecule has 10 aromatic rings. The molecular weight excluding hydrogens is 568 g/mol. The summed E-state index contributed by atoms with van der Waals surface area (Å²) in [5.74, 6) is 1.66. The van der Waals surface area contributed by atoms with Gasteiger partial charge in [0, 0.05) is 44.4 Å². The molecule has 10 rings (SSSR count). The molecule has 0 aliphatic rings. The third-order valence-electron chi connectivity index (χ3n) is 8.82. The van der Waals surface area contributed by atoms with Crippen molar-refractivity contribution in [3.05, 3.63) is 134 Å². The number of para-hydroxylation sites is 2. The molecule has 0 amide bonds. The smallest absolute Gasteiger partial charge is 0.166 e. The quantitative estimate of drug-likeness (QED) is 0.191. The number of rotatable bonds is 3. The highest BCUT2D eigenvalue weighted by atomic mass is 16.3. The molecule has 0 bridgehead atoms. The fourth-order valence-corrected chi connectivity index (χ4v) is 6.78. The fourth-order valence-electron chi connectivity index (χ4n) is 6.78. The zero-order valence-electron chi connectivity index (χ0n) is 24.3. The van der Waals surface area contributed by atoms with Crippen molar-refractivity contribution >= 4 is 65.4 Å². The zero-order valence-corrected chi connectivity index (χ0v) is 24.3. The van der Waals surface area contributed by atoms with Crippen LogP contribution in [0.4, 0.5) is 0 Å². The number of furan rings is 2. The lowest BCUT2D eigenvalue weighted by atomic mass is 9.96.